The molecule has 0 radical (unpaired) electrons. The lowest BCUT2D eigenvalue weighted by molar-refractivity contribution is -0.140. The summed E-state index contributed by atoms with van der Waals surface area (Å²) in [5.41, 5.74) is 3.40. The Labute approximate surface area is 253 Å². The van der Waals surface area contributed by atoms with Crippen LogP contribution < -0.4 is 9.62 Å². The summed E-state index contributed by atoms with van der Waals surface area (Å²) in [4.78, 5) is 29.3. The molecule has 41 heavy (non-hydrogen) atoms. The molecule has 0 aliphatic carbocycles. The van der Waals surface area contributed by atoms with Gasteiger partial charge in [0.1, 0.15) is 12.6 Å². The van der Waals surface area contributed by atoms with Crippen molar-refractivity contribution < 1.29 is 18.0 Å². The summed E-state index contributed by atoms with van der Waals surface area (Å²) in [5.74, 6) is -0.730. The van der Waals surface area contributed by atoms with Gasteiger partial charge in [-0.15, -0.1) is 0 Å². The van der Waals surface area contributed by atoms with E-state index in [-0.39, 0.29) is 24.8 Å². The van der Waals surface area contributed by atoms with Crippen LogP contribution in [0.15, 0.2) is 66.7 Å². The van der Waals surface area contributed by atoms with E-state index in [1.165, 1.54) is 4.90 Å². The summed E-state index contributed by atoms with van der Waals surface area (Å²) in [6, 6.07) is 18.8. The number of hydrogen-bond donors (Lipinski definition) is 1. The highest BCUT2D eigenvalue weighted by molar-refractivity contribution is 7.92. The van der Waals surface area contributed by atoms with Gasteiger partial charge in [0.25, 0.3) is 0 Å². The van der Waals surface area contributed by atoms with E-state index >= 15 is 0 Å². The van der Waals surface area contributed by atoms with Gasteiger partial charge in [0, 0.05) is 35.1 Å². The van der Waals surface area contributed by atoms with E-state index < -0.39 is 28.5 Å². The highest BCUT2D eigenvalue weighted by Crippen LogP contribution is 2.28. The van der Waals surface area contributed by atoms with Crippen LogP contribution in [0.5, 0.6) is 0 Å². The Balaban J connectivity index is 2.11. The molecule has 0 saturated heterocycles. The Morgan fingerprint density at radius 3 is 2.02 bits per heavy atom. The number of halogens is 2. The molecule has 10 heteroatoms. The van der Waals surface area contributed by atoms with Crippen LogP contribution in [0.2, 0.25) is 10.0 Å². The zero-order valence-electron chi connectivity index (χ0n) is 24.0. The molecule has 3 rings (SSSR count). The Hall–Kier alpha value is -3.07. The number of rotatable bonds is 12. The molecule has 0 bridgehead atoms. The standard InChI is InChI=1S/C31H37Cl2N3O4S/c1-21(2)18-34-31(38)29(17-24-10-7-6-8-11-24)35(19-26-27(32)12-9-13-28(26)33)30(37)20-36(41(5,39)40)25-15-22(3)14-23(4)16-25/h6-16,21,29H,17-20H2,1-5H3,(H,34,38)/t29-/m0/s1. The average Bonchev–Trinajstić information content (AvgIpc) is 2.88. The molecular formula is C31H37Cl2N3O4S. The van der Waals surface area contributed by atoms with E-state index in [2.05, 4.69) is 5.32 Å². The second kappa shape index (κ2) is 14.2. The summed E-state index contributed by atoms with van der Waals surface area (Å²) in [6.07, 6.45) is 1.27. The number of sulfonamides is 1. The summed E-state index contributed by atoms with van der Waals surface area (Å²) in [7, 11) is -3.86. The first-order valence-corrected chi connectivity index (χ1v) is 16.0. The van der Waals surface area contributed by atoms with Crippen LogP contribution in [-0.2, 0) is 32.6 Å². The van der Waals surface area contributed by atoms with E-state index in [4.69, 9.17) is 23.2 Å². The minimum absolute atomic E-state index is 0.0889. The van der Waals surface area contributed by atoms with Gasteiger partial charge in [-0.3, -0.25) is 13.9 Å². The topological polar surface area (TPSA) is 86.8 Å². The van der Waals surface area contributed by atoms with Crippen LogP contribution in [0.1, 0.15) is 36.1 Å². The predicted molar refractivity (Wildman–Crippen MR) is 167 cm³/mol. The van der Waals surface area contributed by atoms with E-state index in [1.807, 2.05) is 64.1 Å². The minimum atomic E-state index is -3.86. The van der Waals surface area contributed by atoms with Gasteiger partial charge in [-0.1, -0.05) is 79.5 Å². The quantitative estimate of drug-likeness (QED) is 0.279. The third kappa shape index (κ3) is 9.21. The number of benzene rings is 3. The number of anilines is 1. The van der Waals surface area contributed by atoms with Gasteiger partial charge in [-0.2, -0.15) is 0 Å². The van der Waals surface area contributed by atoms with Gasteiger partial charge in [0.05, 0.1) is 11.9 Å². The Kier molecular flexibility index (Phi) is 11.2. The van der Waals surface area contributed by atoms with Gasteiger partial charge < -0.3 is 10.2 Å². The zero-order chi connectivity index (χ0) is 30.3. The maximum Gasteiger partial charge on any atom is 0.244 e. The lowest BCUT2D eigenvalue weighted by atomic mass is 10.0. The van der Waals surface area contributed by atoms with E-state index in [0.29, 0.717) is 27.8 Å². The first-order valence-electron chi connectivity index (χ1n) is 13.4. The van der Waals surface area contributed by atoms with Gasteiger partial charge in [-0.05, 0) is 60.7 Å². The van der Waals surface area contributed by atoms with E-state index in [9.17, 15) is 18.0 Å². The highest BCUT2D eigenvalue weighted by Gasteiger charge is 2.34. The van der Waals surface area contributed by atoms with Crippen LogP contribution >= 0.6 is 23.2 Å². The second-order valence-electron chi connectivity index (χ2n) is 10.7. The van der Waals surface area contributed by atoms with Crippen molar-refractivity contribution in [2.24, 2.45) is 5.92 Å². The maximum atomic E-state index is 14.2. The van der Waals surface area contributed by atoms with Gasteiger partial charge in [0.2, 0.25) is 21.8 Å². The molecule has 0 saturated carbocycles. The molecular weight excluding hydrogens is 581 g/mol. The smallest absolute Gasteiger partial charge is 0.244 e. The highest BCUT2D eigenvalue weighted by atomic mass is 35.5. The molecule has 220 valence electrons. The van der Waals surface area contributed by atoms with Crippen LogP contribution in [-0.4, -0.2) is 50.5 Å². The number of nitrogens with zero attached hydrogens (tertiary/aromatic N) is 2. The van der Waals surface area contributed by atoms with Gasteiger partial charge in [-0.25, -0.2) is 8.42 Å². The van der Waals surface area contributed by atoms with Crippen molar-refractivity contribution in [3.8, 4) is 0 Å². The van der Waals surface area contributed by atoms with Gasteiger partial charge in [0.15, 0.2) is 0 Å². The Morgan fingerprint density at radius 1 is 0.902 bits per heavy atom. The molecule has 0 aliphatic rings. The average molecular weight is 619 g/mol. The van der Waals surface area contributed by atoms with Crippen molar-refractivity contribution in [1.29, 1.82) is 0 Å². The molecule has 0 fully saturated rings. The normalized spacial score (nSPS) is 12.2. The minimum Gasteiger partial charge on any atom is -0.354 e. The lowest BCUT2D eigenvalue weighted by Crippen LogP contribution is -2.53. The Morgan fingerprint density at radius 2 is 1.49 bits per heavy atom. The number of nitrogens with one attached hydrogen (secondary N) is 1. The molecule has 1 atom stereocenters. The van der Waals surface area contributed by atoms with Crippen LogP contribution in [0.4, 0.5) is 5.69 Å². The zero-order valence-corrected chi connectivity index (χ0v) is 26.4. The van der Waals surface area contributed by atoms with Gasteiger partial charge >= 0.3 is 0 Å². The molecule has 7 nitrogen and oxygen atoms in total. The maximum absolute atomic E-state index is 14.2. The second-order valence-corrected chi connectivity index (χ2v) is 13.4. The number of amides is 2. The van der Waals surface area contributed by atoms with Crippen molar-refractivity contribution in [3.63, 3.8) is 0 Å². The number of carbonyl (C=O) groups excluding carboxylic acids is 2. The molecule has 3 aromatic rings. The third-order valence-corrected chi connectivity index (χ3v) is 8.37. The van der Waals surface area contributed by atoms with E-state index in [1.54, 1.807) is 30.3 Å². The number of aryl methyl sites for hydroxylation is 2. The molecule has 0 unspecified atom stereocenters. The van der Waals surface area contributed by atoms with Crippen molar-refractivity contribution in [1.82, 2.24) is 10.2 Å². The fraction of sp³-hybridized carbons (Fsp3) is 0.355. The van der Waals surface area contributed by atoms with Crippen LogP contribution in [0.25, 0.3) is 0 Å². The van der Waals surface area contributed by atoms with Crippen molar-refractivity contribution in [2.75, 3.05) is 23.7 Å². The largest absolute Gasteiger partial charge is 0.354 e. The SMILES string of the molecule is Cc1cc(C)cc(N(CC(=O)N(Cc2c(Cl)cccc2Cl)[C@@H](Cc2ccccc2)C(=O)NCC(C)C)S(C)(=O)=O)c1. The fourth-order valence-corrected chi connectivity index (χ4v) is 5.89. The lowest BCUT2D eigenvalue weighted by Gasteiger charge is -2.34. The summed E-state index contributed by atoms with van der Waals surface area (Å²) in [6.45, 7) is 7.50. The molecule has 0 spiro atoms. The van der Waals surface area contributed by atoms with Crippen LogP contribution in [0.3, 0.4) is 0 Å². The molecule has 0 aliphatic heterocycles. The van der Waals surface area contributed by atoms with Crippen molar-refractivity contribution >= 4 is 50.7 Å². The monoisotopic (exact) mass is 617 g/mol. The fourth-order valence-electron chi connectivity index (χ4n) is 4.54. The molecule has 0 aromatic heterocycles. The molecule has 0 heterocycles. The third-order valence-electron chi connectivity index (χ3n) is 6.52. The summed E-state index contributed by atoms with van der Waals surface area (Å²) < 4.78 is 27.0. The van der Waals surface area contributed by atoms with Crippen molar-refractivity contribution in [3.05, 3.63) is 99.0 Å². The summed E-state index contributed by atoms with van der Waals surface area (Å²) >= 11 is 13.0. The first kappa shape index (κ1) is 32.4. The molecule has 3 aromatic carbocycles. The van der Waals surface area contributed by atoms with Crippen LogP contribution in [0, 0.1) is 19.8 Å². The predicted octanol–water partition coefficient (Wildman–Crippen LogP) is 5.79. The van der Waals surface area contributed by atoms with Crippen molar-refractivity contribution in [2.45, 2.75) is 46.7 Å². The first-order chi connectivity index (χ1) is 19.3. The number of carbonyl (C=O) groups is 2. The molecule has 2 amide bonds. The summed E-state index contributed by atoms with van der Waals surface area (Å²) in [5, 5.41) is 3.63. The molecule has 1 N–H and O–H groups in total. The number of hydrogen-bond acceptors (Lipinski definition) is 4. The van der Waals surface area contributed by atoms with E-state index in [0.717, 1.165) is 27.3 Å². The Bertz CT molecular complexity index is 1440.